The molecule has 0 aliphatic carbocycles. The lowest BCUT2D eigenvalue weighted by Crippen LogP contribution is -2.32. The Morgan fingerprint density at radius 2 is 0.938 bits per heavy atom. The predicted octanol–water partition coefficient (Wildman–Crippen LogP) is 3.43. The van der Waals surface area contributed by atoms with E-state index in [9.17, 15) is 46.4 Å². The van der Waals surface area contributed by atoms with Crippen molar-refractivity contribution in [2.75, 3.05) is 78.4 Å². The Labute approximate surface area is 374 Å². The van der Waals surface area contributed by atoms with Gasteiger partial charge in [0.05, 0.1) is 26.4 Å². The van der Waals surface area contributed by atoms with Crippen LogP contribution in [-0.2, 0) is 26.7 Å². The number of aromatic nitrogens is 6. The maximum Gasteiger partial charge on any atom is 0.295 e. The number of aliphatic hydroxyl groups excluding tert-OH is 4. The van der Waals surface area contributed by atoms with E-state index in [1.165, 1.54) is 41.3 Å². The minimum absolute atomic E-state index is 0.00216. The molecule has 0 aliphatic heterocycles. The number of aryl methyl sites for hydroxylation is 1. The lowest BCUT2D eigenvalue weighted by atomic mass is 10.1. The third kappa shape index (κ3) is 13.4. The van der Waals surface area contributed by atoms with Gasteiger partial charge >= 0.3 is 0 Å². The van der Waals surface area contributed by atoms with Crippen molar-refractivity contribution in [3.05, 3.63) is 119 Å². The fourth-order valence-corrected chi connectivity index (χ4v) is 7.76. The van der Waals surface area contributed by atoms with E-state index in [0.29, 0.717) is 17.9 Å². The van der Waals surface area contributed by atoms with Crippen molar-refractivity contribution in [2.24, 2.45) is 0 Å². The molecule has 342 valence electrons. The molecule has 0 spiro atoms. The molecule has 21 nitrogen and oxygen atoms in total. The Balaban J connectivity index is 1.31. The largest absolute Gasteiger partial charge is 0.395 e. The average molecular weight is 930 g/mol. The van der Waals surface area contributed by atoms with Crippen molar-refractivity contribution in [2.45, 2.75) is 23.1 Å². The van der Waals surface area contributed by atoms with Crippen LogP contribution >= 0.6 is 0 Å². The van der Waals surface area contributed by atoms with E-state index in [0.717, 1.165) is 23.3 Å². The second-order valence-electron chi connectivity index (χ2n) is 14.2. The molecule has 6 aromatic rings. The highest BCUT2D eigenvalue weighted by Crippen LogP contribution is 2.29. The summed E-state index contributed by atoms with van der Waals surface area (Å²) in [5, 5.41) is 47.5. The summed E-state index contributed by atoms with van der Waals surface area (Å²) in [5.74, 6) is 0.575. The highest BCUT2D eigenvalue weighted by molar-refractivity contribution is 7.86. The van der Waals surface area contributed by atoms with E-state index in [1.807, 2.05) is 61.5 Å². The Morgan fingerprint density at radius 1 is 0.523 bits per heavy atom. The van der Waals surface area contributed by atoms with Gasteiger partial charge in [0.25, 0.3) is 20.2 Å². The zero-order chi connectivity index (χ0) is 46.6. The van der Waals surface area contributed by atoms with E-state index in [4.69, 9.17) is 0 Å². The van der Waals surface area contributed by atoms with Gasteiger partial charge in [-0.3, -0.25) is 9.11 Å². The normalized spacial score (nSPS) is 11.7. The molecule has 2 heterocycles. The lowest BCUT2D eigenvalue weighted by Gasteiger charge is -2.21. The van der Waals surface area contributed by atoms with Crippen LogP contribution in [0, 0.1) is 6.92 Å². The number of hydrogen-bond donors (Lipinski definition) is 9. The van der Waals surface area contributed by atoms with E-state index in [1.54, 1.807) is 4.90 Å². The number of aliphatic hydroxyl groups is 4. The van der Waals surface area contributed by atoms with Crippen LogP contribution in [0.4, 0.5) is 46.8 Å². The summed E-state index contributed by atoms with van der Waals surface area (Å²) < 4.78 is 71.6. The predicted molar refractivity (Wildman–Crippen MR) is 244 cm³/mol. The zero-order valence-corrected chi connectivity index (χ0v) is 36.5. The first kappa shape index (κ1) is 47.8. The van der Waals surface area contributed by atoms with Crippen molar-refractivity contribution in [1.82, 2.24) is 29.9 Å². The van der Waals surface area contributed by atoms with Crippen LogP contribution in [0.1, 0.15) is 28.1 Å². The smallest absolute Gasteiger partial charge is 0.295 e. The molecule has 0 fully saturated rings. The van der Waals surface area contributed by atoms with Gasteiger partial charge in [-0.2, -0.15) is 46.7 Å². The van der Waals surface area contributed by atoms with Crippen LogP contribution in [0.25, 0.3) is 12.2 Å². The van der Waals surface area contributed by atoms with Gasteiger partial charge in [-0.25, -0.2) is 0 Å². The molecule has 6 rings (SSSR count). The molecule has 0 amide bonds. The van der Waals surface area contributed by atoms with Gasteiger partial charge in [0, 0.05) is 49.7 Å². The minimum Gasteiger partial charge on any atom is -0.395 e. The maximum atomic E-state index is 12.7. The fourth-order valence-electron chi connectivity index (χ4n) is 6.34. The number of nitrogens with one attached hydrogen (secondary N) is 3. The number of hydrogen-bond acceptors (Lipinski definition) is 19. The van der Waals surface area contributed by atoms with Crippen LogP contribution in [0.15, 0.2) is 101 Å². The number of benzene rings is 4. The summed E-state index contributed by atoms with van der Waals surface area (Å²) in [7, 11) is -9.81. The standard InChI is InChI=1S/C42H47N11O10S2/c1-28-7-13-32(14-8-28)43-39-48-40(51-42(50-39)53(19-23-56)20-24-57)45-34-16-12-31(36(27-34)65(61,62)63)10-9-30-11-15-33(26-35(30)64(58,59)60)44-38-46-37(25-29-5-3-2-4-6-29)47-41(49-38)52(17-21-54)18-22-55/h2-16,26-27,54-57H,17-25H2,1H3,(H,58,59,60)(H,61,62,63)(H,44,46,47,49)(H2,43,45,48,50,51). The Morgan fingerprint density at radius 3 is 1.38 bits per heavy atom. The average Bonchev–Trinajstić information content (AvgIpc) is 3.26. The summed E-state index contributed by atoms with van der Waals surface area (Å²) in [4.78, 5) is 28.7. The number of rotatable bonds is 22. The van der Waals surface area contributed by atoms with Crippen LogP contribution in [0.5, 0.6) is 0 Å². The summed E-state index contributed by atoms with van der Waals surface area (Å²) in [6.45, 7) is 1.23. The Bertz CT molecular complexity index is 2810. The highest BCUT2D eigenvalue weighted by Gasteiger charge is 2.21. The summed E-state index contributed by atoms with van der Waals surface area (Å²) in [6.07, 6.45) is 2.77. The minimum atomic E-state index is -4.91. The highest BCUT2D eigenvalue weighted by atomic mass is 32.2. The molecule has 0 saturated carbocycles. The maximum absolute atomic E-state index is 12.7. The topological polar surface area (TPSA) is 310 Å². The van der Waals surface area contributed by atoms with E-state index >= 15 is 0 Å². The summed E-state index contributed by atoms with van der Waals surface area (Å²) in [6, 6.07) is 24.6. The molecule has 0 aliphatic rings. The second-order valence-corrected chi connectivity index (χ2v) is 17.0. The molecule has 0 radical (unpaired) electrons. The van der Waals surface area contributed by atoms with Gasteiger partial charge in [0.2, 0.25) is 29.7 Å². The Kier molecular flexibility index (Phi) is 16.0. The van der Waals surface area contributed by atoms with Crippen molar-refractivity contribution in [1.29, 1.82) is 0 Å². The van der Waals surface area contributed by atoms with Crippen molar-refractivity contribution in [3.8, 4) is 0 Å². The van der Waals surface area contributed by atoms with Crippen molar-refractivity contribution in [3.63, 3.8) is 0 Å². The van der Waals surface area contributed by atoms with Crippen LogP contribution in [0.3, 0.4) is 0 Å². The second kappa shape index (κ2) is 21.8. The first-order chi connectivity index (χ1) is 31.1. The quantitative estimate of drug-likeness (QED) is 0.0348. The van der Waals surface area contributed by atoms with Crippen molar-refractivity contribution >= 4 is 79.2 Å². The molecular weight excluding hydrogens is 883 g/mol. The van der Waals surface area contributed by atoms with Gasteiger partial charge in [-0.05, 0) is 60.0 Å². The molecule has 2 aromatic heterocycles. The van der Waals surface area contributed by atoms with Crippen LogP contribution in [-0.4, -0.2) is 129 Å². The van der Waals surface area contributed by atoms with Gasteiger partial charge in [0.15, 0.2) is 0 Å². The summed E-state index contributed by atoms with van der Waals surface area (Å²) in [5.41, 5.74) is 2.69. The van der Waals surface area contributed by atoms with E-state index < -0.39 is 30.0 Å². The van der Waals surface area contributed by atoms with Crippen molar-refractivity contribution < 1.29 is 46.4 Å². The van der Waals surface area contributed by atoms with E-state index in [2.05, 4.69) is 45.9 Å². The molecule has 23 heteroatoms. The first-order valence-corrected chi connectivity index (χ1v) is 22.8. The molecule has 0 atom stereocenters. The van der Waals surface area contributed by atoms with Crippen LogP contribution < -0.4 is 25.8 Å². The van der Waals surface area contributed by atoms with Gasteiger partial charge in [0.1, 0.15) is 15.6 Å². The first-order valence-electron chi connectivity index (χ1n) is 19.9. The Hall–Kier alpha value is -6.70. The molecule has 0 bridgehead atoms. The van der Waals surface area contributed by atoms with Gasteiger partial charge in [-0.15, -0.1) is 0 Å². The number of nitrogens with zero attached hydrogens (tertiary/aromatic N) is 8. The molecule has 9 N–H and O–H groups in total. The molecular formula is C42H47N11O10S2. The fraction of sp³-hybridized carbons (Fsp3) is 0.238. The molecule has 65 heavy (non-hydrogen) atoms. The summed E-state index contributed by atoms with van der Waals surface area (Å²) >= 11 is 0. The van der Waals surface area contributed by atoms with Crippen LogP contribution in [0.2, 0.25) is 0 Å². The monoisotopic (exact) mass is 929 g/mol. The SMILES string of the molecule is Cc1ccc(Nc2nc(Nc3ccc(C=Cc4ccc(Nc5nc(Cc6ccccc6)nc(N(CCO)CCO)n5)cc4S(=O)(=O)O)c(S(=O)(=O)O)c3)nc(N(CCO)CCO)n2)cc1. The zero-order valence-electron chi connectivity index (χ0n) is 34.9. The van der Waals surface area contributed by atoms with Gasteiger partial charge < -0.3 is 46.2 Å². The molecule has 0 unspecified atom stereocenters. The molecule has 0 saturated heterocycles. The van der Waals surface area contributed by atoms with E-state index in [-0.39, 0.29) is 105 Å². The number of anilines is 8. The third-order valence-electron chi connectivity index (χ3n) is 9.39. The van der Waals surface area contributed by atoms with Gasteiger partial charge in [-0.1, -0.05) is 72.3 Å². The third-order valence-corrected chi connectivity index (χ3v) is 11.2. The molecule has 4 aromatic carbocycles. The lowest BCUT2D eigenvalue weighted by molar-refractivity contribution is 0.279.